The summed E-state index contributed by atoms with van der Waals surface area (Å²) < 4.78 is 7.75. The van der Waals surface area contributed by atoms with E-state index in [9.17, 15) is 4.79 Å². The van der Waals surface area contributed by atoms with Crippen LogP contribution in [0.15, 0.2) is 52.9 Å². The van der Waals surface area contributed by atoms with Gasteiger partial charge in [-0.25, -0.2) is 4.98 Å². The number of rotatable bonds is 8. The highest BCUT2D eigenvalue weighted by atomic mass is 32.2. The number of hydrogen-bond acceptors (Lipinski definition) is 5. The number of fused-ring (bicyclic) bond motifs is 1. The second-order valence-corrected chi connectivity index (χ2v) is 7.86. The molecule has 1 amide bonds. The highest BCUT2D eigenvalue weighted by molar-refractivity contribution is 8.01. The Balaban J connectivity index is 1.33. The third kappa shape index (κ3) is 5.47. The quantitative estimate of drug-likeness (QED) is 0.474. The van der Waals surface area contributed by atoms with Gasteiger partial charge in [-0.05, 0) is 43.2 Å². The molecular formula is C19H20N2O2S2. The lowest BCUT2D eigenvalue weighted by Gasteiger charge is -2.07. The lowest BCUT2D eigenvalue weighted by Crippen LogP contribution is -2.27. The van der Waals surface area contributed by atoms with Crippen molar-refractivity contribution in [2.45, 2.75) is 17.7 Å². The van der Waals surface area contributed by atoms with Crippen LogP contribution in [0.25, 0.3) is 10.2 Å². The molecule has 1 aromatic heterocycles. The van der Waals surface area contributed by atoms with Crippen molar-refractivity contribution in [1.82, 2.24) is 10.3 Å². The second kappa shape index (κ2) is 8.87. The highest BCUT2D eigenvalue weighted by Gasteiger charge is 2.07. The van der Waals surface area contributed by atoms with Gasteiger partial charge in [-0.2, -0.15) is 0 Å². The SMILES string of the molecule is Cc1cccc(OCCCNC(=O)CSc2nc3ccccc3s2)c1. The summed E-state index contributed by atoms with van der Waals surface area (Å²) in [5.41, 5.74) is 2.17. The fourth-order valence-electron chi connectivity index (χ4n) is 2.29. The normalized spacial score (nSPS) is 10.8. The molecule has 0 unspecified atom stereocenters. The number of amides is 1. The Hall–Kier alpha value is -2.05. The van der Waals surface area contributed by atoms with E-state index in [-0.39, 0.29) is 5.91 Å². The van der Waals surface area contributed by atoms with Crippen molar-refractivity contribution in [2.24, 2.45) is 0 Å². The number of benzene rings is 2. The number of nitrogens with zero attached hydrogens (tertiary/aromatic N) is 1. The van der Waals surface area contributed by atoms with Crippen molar-refractivity contribution in [3.63, 3.8) is 0 Å². The number of nitrogens with one attached hydrogen (secondary N) is 1. The number of para-hydroxylation sites is 1. The van der Waals surface area contributed by atoms with Gasteiger partial charge in [0.05, 0.1) is 22.6 Å². The number of ether oxygens (including phenoxy) is 1. The van der Waals surface area contributed by atoms with Crippen molar-refractivity contribution in [1.29, 1.82) is 0 Å². The summed E-state index contributed by atoms with van der Waals surface area (Å²) >= 11 is 3.10. The predicted octanol–water partition coefficient (Wildman–Crippen LogP) is 4.28. The van der Waals surface area contributed by atoms with Crippen molar-refractivity contribution in [3.05, 3.63) is 54.1 Å². The summed E-state index contributed by atoms with van der Waals surface area (Å²) in [5.74, 6) is 1.29. The first-order valence-corrected chi connectivity index (χ1v) is 9.95. The van der Waals surface area contributed by atoms with Gasteiger partial charge in [-0.3, -0.25) is 4.79 Å². The largest absolute Gasteiger partial charge is 0.494 e. The van der Waals surface area contributed by atoms with Crippen LogP contribution in [0, 0.1) is 6.92 Å². The fourth-order valence-corrected chi connectivity index (χ4v) is 4.18. The maximum Gasteiger partial charge on any atom is 0.230 e. The number of hydrogen-bond donors (Lipinski definition) is 1. The molecule has 0 saturated carbocycles. The molecule has 130 valence electrons. The lowest BCUT2D eigenvalue weighted by molar-refractivity contribution is -0.118. The standard InChI is InChI=1S/C19H20N2O2S2/c1-14-6-4-7-15(12-14)23-11-5-10-20-18(22)13-24-19-21-16-8-2-3-9-17(16)25-19/h2-4,6-9,12H,5,10-11,13H2,1H3,(H,20,22). The molecule has 0 atom stereocenters. The molecule has 0 radical (unpaired) electrons. The Morgan fingerprint density at radius 2 is 2.12 bits per heavy atom. The molecule has 25 heavy (non-hydrogen) atoms. The van der Waals surface area contributed by atoms with Gasteiger partial charge in [0, 0.05) is 6.54 Å². The average Bonchev–Trinajstić information content (AvgIpc) is 3.03. The molecule has 1 N–H and O–H groups in total. The monoisotopic (exact) mass is 372 g/mol. The number of carbonyl (C=O) groups is 1. The lowest BCUT2D eigenvalue weighted by atomic mass is 10.2. The van der Waals surface area contributed by atoms with E-state index >= 15 is 0 Å². The van der Waals surface area contributed by atoms with E-state index in [4.69, 9.17) is 4.74 Å². The molecule has 6 heteroatoms. The molecule has 0 saturated heterocycles. The molecule has 0 spiro atoms. The number of thiazole rings is 1. The molecule has 0 bridgehead atoms. The van der Waals surface area contributed by atoms with Crippen LogP contribution in [0.1, 0.15) is 12.0 Å². The van der Waals surface area contributed by atoms with Crippen LogP contribution in [0.2, 0.25) is 0 Å². The number of aromatic nitrogens is 1. The Kier molecular flexibility index (Phi) is 6.30. The van der Waals surface area contributed by atoms with Gasteiger partial charge in [0.2, 0.25) is 5.91 Å². The van der Waals surface area contributed by atoms with E-state index in [1.165, 1.54) is 17.3 Å². The van der Waals surface area contributed by atoms with Gasteiger partial charge < -0.3 is 10.1 Å². The van der Waals surface area contributed by atoms with Crippen LogP contribution in [0.3, 0.4) is 0 Å². The van der Waals surface area contributed by atoms with Gasteiger partial charge in [-0.15, -0.1) is 11.3 Å². The molecule has 1 heterocycles. The molecule has 3 aromatic rings. The molecule has 3 rings (SSSR count). The summed E-state index contributed by atoms with van der Waals surface area (Å²) in [4.78, 5) is 16.4. The maximum absolute atomic E-state index is 11.9. The predicted molar refractivity (Wildman–Crippen MR) is 105 cm³/mol. The van der Waals surface area contributed by atoms with E-state index in [1.807, 2.05) is 55.5 Å². The number of carbonyl (C=O) groups excluding carboxylic acids is 1. The molecule has 4 nitrogen and oxygen atoms in total. The smallest absolute Gasteiger partial charge is 0.230 e. The van der Waals surface area contributed by atoms with E-state index in [0.717, 1.165) is 26.7 Å². The topological polar surface area (TPSA) is 51.2 Å². The van der Waals surface area contributed by atoms with E-state index in [2.05, 4.69) is 10.3 Å². The second-order valence-electron chi connectivity index (χ2n) is 5.60. The summed E-state index contributed by atoms with van der Waals surface area (Å²) in [7, 11) is 0. The van der Waals surface area contributed by atoms with Crippen LogP contribution >= 0.6 is 23.1 Å². The molecule has 0 aliphatic heterocycles. The van der Waals surface area contributed by atoms with Crippen molar-refractivity contribution < 1.29 is 9.53 Å². The zero-order valence-corrected chi connectivity index (χ0v) is 15.7. The molecule has 2 aromatic carbocycles. The van der Waals surface area contributed by atoms with Crippen LogP contribution < -0.4 is 10.1 Å². The van der Waals surface area contributed by atoms with Gasteiger partial charge in [0.1, 0.15) is 5.75 Å². The van der Waals surface area contributed by atoms with Gasteiger partial charge in [0.15, 0.2) is 4.34 Å². The highest BCUT2D eigenvalue weighted by Crippen LogP contribution is 2.28. The maximum atomic E-state index is 11.9. The van der Waals surface area contributed by atoms with Crippen molar-refractivity contribution >= 4 is 39.2 Å². The van der Waals surface area contributed by atoms with E-state index in [1.54, 1.807) is 11.3 Å². The summed E-state index contributed by atoms with van der Waals surface area (Å²) in [5, 5.41) is 2.92. The van der Waals surface area contributed by atoms with Crippen LogP contribution in [-0.4, -0.2) is 29.8 Å². The molecule has 0 aliphatic carbocycles. The van der Waals surface area contributed by atoms with Crippen molar-refractivity contribution in [2.75, 3.05) is 18.9 Å². The third-order valence-corrected chi connectivity index (χ3v) is 5.68. The minimum absolute atomic E-state index is 0.0276. The van der Waals surface area contributed by atoms with Crippen LogP contribution in [0.5, 0.6) is 5.75 Å². The van der Waals surface area contributed by atoms with Gasteiger partial charge in [0.25, 0.3) is 0 Å². The minimum Gasteiger partial charge on any atom is -0.494 e. The molecule has 0 aliphatic rings. The van der Waals surface area contributed by atoms with Crippen molar-refractivity contribution in [3.8, 4) is 5.75 Å². The molecular weight excluding hydrogens is 352 g/mol. The Morgan fingerprint density at radius 3 is 2.96 bits per heavy atom. The van der Waals surface area contributed by atoms with Gasteiger partial charge >= 0.3 is 0 Å². The third-order valence-electron chi connectivity index (χ3n) is 3.50. The first-order chi connectivity index (χ1) is 12.2. The number of thioether (sulfide) groups is 1. The summed E-state index contributed by atoms with van der Waals surface area (Å²) in [6.45, 7) is 3.25. The van der Waals surface area contributed by atoms with E-state index < -0.39 is 0 Å². The average molecular weight is 373 g/mol. The summed E-state index contributed by atoms with van der Waals surface area (Å²) in [6.07, 6.45) is 0.783. The summed E-state index contributed by atoms with van der Waals surface area (Å²) in [6, 6.07) is 16.0. The zero-order chi connectivity index (χ0) is 17.5. The minimum atomic E-state index is 0.0276. The zero-order valence-electron chi connectivity index (χ0n) is 14.0. The Bertz CT molecular complexity index is 815. The Morgan fingerprint density at radius 1 is 1.24 bits per heavy atom. The first kappa shape index (κ1) is 17.8. The number of aryl methyl sites for hydroxylation is 1. The van der Waals surface area contributed by atoms with E-state index in [0.29, 0.717) is 18.9 Å². The fraction of sp³-hybridized carbons (Fsp3) is 0.263. The Labute approximate surface area is 155 Å². The first-order valence-electron chi connectivity index (χ1n) is 8.15. The van der Waals surface area contributed by atoms with Gasteiger partial charge in [-0.1, -0.05) is 36.0 Å². The van der Waals surface area contributed by atoms with Crippen LogP contribution in [-0.2, 0) is 4.79 Å². The van der Waals surface area contributed by atoms with Crippen LogP contribution in [0.4, 0.5) is 0 Å². The molecule has 0 fully saturated rings.